The predicted molar refractivity (Wildman–Crippen MR) is 69.4 cm³/mol. The highest BCUT2D eigenvalue weighted by Crippen LogP contribution is 2.18. The zero-order valence-corrected chi connectivity index (χ0v) is 11.1. The molecular weight excluding hydrogens is 252 g/mol. The quantitative estimate of drug-likeness (QED) is 0.750. The van der Waals surface area contributed by atoms with Crippen LogP contribution in [0.2, 0.25) is 0 Å². The Hall–Kier alpha value is -1.95. The third-order valence-electron chi connectivity index (χ3n) is 2.76. The Labute approximate surface area is 107 Å². The zero-order chi connectivity index (χ0) is 13.4. The van der Waals surface area contributed by atoms with Crippen LogP contribution < -0.4 is 11.2 Å². The SMILES string of the molecule is Cc1ccsc1C(=O)c1cn(C)c(=O)n(C)c1=O. The molecule has 0 unspecified atom stereocenters. The van der Waals surface area contributed by atoms with Gasteiger partial charge in [0.2, 0.25) is 5.78 Å². The Balaban J connectivity index is 2.67. The molecule has 0 aromatic carbocycles. The fraction of sp³-hybridized carbons (Fsp3) is 0.250. The van der Waals surface area contributed by atoms with Crippen LogP contribution in [0.15, 0.2) is 27.2 Å². The molecular formula is C12H12N2O3S. The summed E-state index contributed by atoms with van der Waals surface area (Å²) in [6.45, 7) is 1.82. The molecule has 0 saturated carbocycles. The van der Waals surface area contributed by atoms with Gasteiger partial charge in [0.1, 0.15) is 5.56 Å². The van der Waals surface area contributed by atoms with Crippen LogP contribution in [-0.2, 0) is 14.1 Å². The molecule has 0 saturated heterocycles. The summed E-state index contributed by atoms with van der Waals surface area (Å²) < 4.78 is 2.17. The van der Waals surface area contributed by atoms with Crippen molar-refractivity contribution in [3.8, 4) is 0 Å². The van der Waals surface area contributed by atoms with Gasteiger partial charge in [0, 0.05) is 20.3 Å². The van der Waals surface area contributed by atoms with Crippen molar-refractivity contribution in [3.63, 3.8) is 0 Å². The molecule has 0 atom stereocenters. The molecule has 0 radical (unpaired) electrons. The molecule has 0 amide bonds. The van der Waals surface area contributed by atoms with Crippen LogP contribution in [-0.4, -0.2) is 14.9 Å². The minimum Gasteiger partial charge on any atom is -0.303 e. The summed E-state index contributed by atoms with van der Waals surface area (Å²) in [5.74, 6) is -0.335. The predicted octanol–water partition coefficient (Wildman–Crippen LogP) is 0.685. The normalized spacial score (nSPS) is 10.6. The molecule has 0 bridgehead atoms. The third-order valence-corrected chi connectivity index (χ3v) is 3.77. The molecule has 2 rings (SSSR count). The first kappa shape index (κ1) is 12.5. The van der Waals surface area contributed by atoms with Crippen LogP contribution in [0.25, 0.3) is 0 Å². The number of aromatic nitrogens is 2. The van der Waals surface area contributed by atoms with Gasteiger partial charge in [-0.15, -0.1) is 11.3 Å². The van der Waals surface area contributed by atoms with Crippen LogP contribution in [0.1, 0.15) is 20.8 Å². The lowest BCUT2D eigenvalue weighted by molar-refractivity contribution is 0.103. The van der Waals surface area contributed by atoms with E-state index in [1.54, 1.807) is 5.38 Å². The number of thiophene rings is 1. The van der Waals surface area contributed by atoms with Crippen LogP contribution in [0.4, 0.5) is 0 Å². The molecule has 0 aliphatic heterocycles. The standard InChI is InChI=1S/C12H12N2O3S/c1-7-4-5-18-10(7)9(15)8-6-13(2)12(17)14(3)11(8)16/h4-6H,1-3H3. The van der Waals surface area contributed by atoms with Crippen molar-refractivity contribution < 1.29 is 4.79 Å². The van der Waals surface area contributed by atoms with E-state index in [0.717, 1.165) is 10.1 Å². The van der Waals surface area contributed by atoms with E-state index in [0.29, 0.717) is 4.88 Å². The van der Waals surface area contributed by atoms with E-state index in [-0.39, 0.29) is 11.3 Å². The van der Waals surface area contributed by atoms with E-state index in [4.69, 9.17) is 0 Å². The number of hydrogen-bond acceptors (Lipinski definition) is 4. The summed E-state index contributed by atoms with van der Waals surface area (Å²) in [7, 11) is 2.88. The molecule has 0 fully saturated rings. The summed E-state index contributed by atoms with van der Waals surface area (Å²) >= 11 is 1.29. The molecule has 94 valence electrons. The summed E-state index contributed by atoms with van der Waals surface area (Å²) in [5.41, 5.74) is -0.151. The van der Waals surface area contributed by atoms with Crippen molar-refractivity contribution in [2.45, 2.75) is 6.92 Å². The summed E-state index contributed by atoms with van der Waals surface area (Å²) in [6, 6.07) is 1.82. The second-order valence-electron chi connectivity index (χ2n) is 4.06. The van der Waals surface area contributed by atoms with Gasteiger partial charge in [-0.3, -0.25) is 14.2 Å². The Morgan fingerprint density at radius 2 is 1.94 bits per heavy atom. The number of carbonyl (C=O) groups excluding carboxylic acids is 1. The number of nitrogens with zero attached hydrogens (tertiary/aromatic N) is 2. The number of hydrogen-bond donors (Lipinski definition) is 0. The lowest BCUT2D eigenvalue weighted by atomic mass is 10.1. The Morgan fingerprint density at radius 1 is 1.28 bits per heavy atom. The van der Waals surface area contributed by atoms with Crippen molar-refractivity contribution in [2.75, 3.05) is 0 Å². The zero-order valence-electron chi connectivity index (χ0n) is 10.3. The topological polar surface area (TPSA) is 61.1 Å². The molecule has 18 heavy (non-hydrogen) atoms. The van der Waals surface area contributed by atoms with E-state index < -0.39 is 11.2 Å². The van der Waals surface area contributed by atoms with Crippen LogP contribution in [0.5, 0.6) is 0 Å². The van der Waals surface area contributed by atoms with Gasteiger partial charge in [0.25, 0.3) is 5.56 Å². The van der Waals surface area contributed by atoms with Crippen LogP contribution in [0, 0.1) is 6.92 Å². The summed E-state index contributed by atoms with van der Waals surface area (Å²) in [6.07, 6.45) is 1.30. The number of aryl methyl sites for hydroxylation is 2. The largest absolute Gasteiger partial charge is 0.330 e. The molecule has 5 nitrogen and oxygen atoms in total. The van der Waals surface area contributed by atoms with E-state index in [2.05, 4.69) is 0 Å². The molecule has 2 heterocycles. The minimum absolute atomic E-state index is 0.0187. The van der Waals surface area contributed by atoms with Crippen molar-refractivity contribution in [2.24, 2.45) is 14.1 Å². The Kier molecular flexibility index (Phi) is 3.04. The molecule has 2 aromatic heterocycles. The molecule has 0 N–H and O–H groups in total. The smallest absolute Gasteiger partial charge is 0.303 e. The fourth-order valence-electron chi connectivity index (χ4n) is 1.69. The van der Waals surface area contributed by atoms with Gasteiger partial charge in [-0.05, 0) is 23.9 Å². The van der Waals surface area contributed by atoms with Gasteiger partial charge < -0.3 is 4.57 Å². The van der Waals surface area contributed by atoms with Crippen LogP contribution in [0.3, 0.4) is 0 Å². The number of carbonyl (C=O) groups is 1. The van der Waals surface area contributed by atoms with Gasteiger partial charge >= 0.3 is 5.69 Å². The average Bonchev–Trinajstić information content (AvgIpc) is 2.76. The van der Waals surface area contributed by atoms with Gasteiger partial charge in [-0.1, -0.05) is 0 Å². The first-order valence-corrected chi connectivity index (χ1v) is 6.17. The highest BCUT2D eigenvalue weighted by atomic mass is 32.1. The first-order valence-electron chi connectivity index (χ1n) is 5.29. The minimum atomic E-state index is -0.559. The highest BCUT2D eigenvalue weighted by Gasteiger charge is 2.18. The average molecular weight is 264 g/mol. The van der Waals surface area contributed by atoms with Crippen molar-refractivity contribution in [1.29, 1.82) is 0 Å². The Morgan fingerprint density at radius 3 is 2.50 bits per heavy atom. The first-order chi connectivity index (χ1) is 8.43. The van der Waals surface area contributed by atoms with E-state index >= 15 is 0 Å². The molecule has 0 aliphatic carbocycles. The summed E-state index contributed by atoms with van der Waals surface area (Å²) in [4.78, 5) is 36.2. The second-order valence-corrected chi connectivity index (χ2v) is 4.98. The number of rotatable bonds is 2. The molecule has 0 spiro atoms. The second kappa shape index (κ2) is 4.38. The highest BCUT2D eigenvalue weighted by molar-refractivity contribution is 7.12. The fourth-order valence-corrected chi connectivity index (χ4v) is 2.57. The third kappa shape index (κ3) is 1.84. The van der Waals surface area contributed by atoms with Gasteiger partial charge in [-0.2, -0.15) is 0 Å². The van der Waals surface area contributed by atoms with Crippen molar-refractivity contribution in [3.05, 3.63) is 54.5 Å². The number of ketones is 1. The lowest BCUT2D eigenvalue weighted by Gasteiger charge is -2.05. The van der Waals surface area contributed by atoms with Crippen molar-refractivity contribution >= 4 is 17.1 Å². The lowest BCUT2D eigenvalue weighted by Crippen LogP contribution is -2.39. The monoisotopic (exact) mass is 264 g/mol. The maximum absolute atomic E-state index is 12.2. The van der Waals surface area contributed by atoms with Crippen molar-refractivity contribution in [1.82, 2.24) is 9.13 Å². The maximum Gasteiger partial charge on any atom is 0.330 e. The molecule has 2 aromatic rings. The van der Waals surface area contributed by atoms with E-state index in [1.807, 2.05) is 13.0 Å². The van der Waals surface area contributed by atoms with Gasteiger partial charge in [-0.25, -0.2) is 4.79 Å². The van der Waals surface area contributed by atoms with Gasteiger partial charge in [0.15, 0.2) is 0 Å². The van der Waals surface area contributed by atoms with Crippen LogP contribution >= 0.6 is 11.3 Å². The molecule has 0 aliphatic rings. The van der Waals surface area contributed by atoms with Gasteiger partial charge in [0.05, 0.1) is 4.88 Å². The Bertz CT molecular complexity index is 737. The van der Waals surface area contributed by atoms with E-state index in [9.17, 15) is 14.4 Å². The summed E-state index contributed by atoms with van der Waals surface area (Å²) in [5, 5.41) is 1.80. The molecule has 6 heteroatoms. The maximum atomic E-state index is 12.2. The van der Waals surface area contributed by atoms with E-state index in [1.165, 1.54) is 36.2 Å².